The van der Waals surface area contributed by atoms with Crippen LogP contribution in [0.3, 0.4) is 0 Å². The van der Waals surface area contributed by atoms with Crippen molar-refractivity contribution in [1.82, 2.24) is 0 Å². The minimum absolute atomic E-state index is 0.372. The molecule has 108 valence electrons. The standard InChI is InChI=1S/C15H11F3N2O/c16-10-5-12(18)14(6-11(10)17)20-15(21)9-7-19-13-4-2-1-3-8(9)13/h1-6,9,19H,7H2,(H,20,21). The Kier molecular flexibility index (Phi) is 3.29. The zero-order chi connectivity index (χ0) is 15.0. The lowest BCUT2D eigenvalue weighted by atomic mass is 10.0. The third kappa shape index (κ3) is 2.44. The number of anilines is 2. The van der Waals surface area contributed by atoms with Gasteiger partial charge in [0.2, 0.25) is 5.91 Å². The second-order valence-corrected chi connectivity index (χ2v) is 4.76. The summed E-state index contributed by atoms with van der Waals surface area (Å²) in [7, 11) is 0. The number of hydrogen-bond donors (Lipinski definition) is 2. The molecule has 3 rings (SSSR count). The normalized spacial score (nSPS) is 16.2. The molecule has 1 amide bonds. The van der Waals surface area contributed by atoms with Crippen LogP contribution in [0.2, 0.25) is 0 Å². The Hall–Kier alpha value is -2.50. The molecule has 0 saturated carbocycles. The minimum Gasteiger partial charge on any atom is -0.384 e. The second kappa shape index (κ2) is 5.12. The number of rotatable bonds is 2. The molecule has 1 aliphatic heterocycles. The highest BCUT2D eigenvalue weighted by molar-refractivity contribution is 5.98. The Morgan fingerprint density at radius 2 is 1.81 bits per heavy atom. The van der Waals surface area contributed by atoms with Crippen molar-refractivity contribution < 1.29 is 18.0 Å². The van der Waals surface area contributed by atoms with Gasteiger partial charge in [-0.25, -0.2) is 13.2 Å². The van der Waals surface area contributed by atoms with Crippen molar-refractivity contribution in [2.24, 2.45) is 0 Å². The van der Waals surface area contributed by atoms with E-state index < -0.39 is 29.3 Å². The predicted octanol–water partition coefficient (Wildman–Crippen LogP) is 3.25. The Labute approximate surface area is 118 Å². The van der Waals surface area contributed by atoms with E-state index in [-0.39, 0.29) is 5.69 Å². The summed E-state index contributed by atoms with van der Waals surface area (Å²) < 4.78 is 39.5. The maximum atomic E-state index is 13.5. The van der Waals surface area contributed by atoms with Crippen LogP contribution in [0.4, 0.5) is 24.5 Å². The van der Waals surface area contributed by atoms with Crippen LogP contribution in [0.1, 0.15) is 11.5 Å². The average Bonchev–Trinajstić information content (AvgIpc) is 2.88. The molecule has 0 aromatic heterocycles. The van der Waals surface area contributed by atoms with Gasteiger partial charge >= 0.3 is 0 Å². The molecule has 0 saturated heterocycles. The zero-order valence-corrected chi connectivity index (χ0v) is 10.8. The van der Waals surface area contributed by atoms with Gasteiger partial charge in [-0.3, -0.25) is 4.79 Å². The third-order valence-electron chi connectivity index (χ3n) is 3.42. The lowest BCUT2D eigenvalue weighted by Crippen LogP contribution is -2.23. The number of fused-ring (bicyclic) bond motifs is 1. The fraction of sp³-hybridized carbons (Fsp3) is 0.133. The number of hydrogen-bond acceptors (Lipinski definition) is 2. The number of carbonyl (C=O) groups is 1. The molecule has 1 aliphatic rings. The highest BCUT2D eigenvalue weighted by Gasteiger charge is 2.28. The summed E-state index contributed by atoms with van der Waals surface area (Å²) in [5.41, 5.74) is 1.25. The van der Waals surface area contributed by atoms with Crippen LogP contribution in [0, 0.1) is 17.5 Å². The van der Waals surface area contributed by atoms with Gasteiger partial charge in [-0.1, -0.05) is 18.2 Å². The van der Waals surface area contributed by atoms with Gasteiger partial charge in [-0.05, 0) is 11.6 Å². The van der Waals surface area contributed by atoms with Crippen LogP contribution in [0.25, 0.3) is 0 Å². The molecule has 1 atom stereocenters. The number of amides is 1. The van der Waals surface area contributed by atoms with Crippen LogP contribution in [-0.2, 0) is 4.79 Å². The first-order chi connectivity index (χ1) is 10.1. The van der Waals surface area contributed by atoms with Crippen LogP contribution < -0.4 is 10.6 Å². The van der Waals surface area contributed by atoms with Gasteiger partial charge in [0, 0.05) is 24.4 Å². The molecule has 0 fully saturated rings. The van der Waals surface area contributed by atoms with Crippen molar-refractivity contribution in [3.8, 4) is 0 Å². The molecule has 2 aromatic carbocycles. The van der Waals surface area contributed by atoms with Gasteiger partial charge in [-0.2, -0.15) is 0 Å². The molecule has 0 spiro atoms. The highest BCUT2D eigenvalue weighted by atomic mass is 19.2. The van der Waals surface area contributed by atoms with Crippen molar-refractivity contribution in [3.05, 3.63) is 59.4 Å². The molecular weight excluding hydrogens is 281 g/mol. The number of benzene rings is 2. The number of carbonyl (C=O) groups excluding carboxylic acids is 1. The van der Waals surface area contributed by atoms with Crippen molar-refractivity contribution in [2.75, 3.05) is 17.2 Å². The summed E-state index contributed by atoms with van der Waals surface area (Å²) in [5, 5.41) is 5.36. The fourth-order valence-electron chi connectivity index (χ4n) is 2.36. The molecule has 2 N–H and O–H groups in total. The van der Waals surface area contributed by atoms with E-state index in [1.165, 1.54) is 0 Å². The summed E-state index contributed by atoms with van der Waals surface area (Å²) in [6.45, 7) is 0.372. The van der Waals surface area contributed by atoms with Gasteiger partial charge < -0.3 is 10.6 Å². The van der Waals surface area contributed by atoms with E-state index in [9.17, 15) is 18.0 Å². The third-order valence-corrected chi connectivity index (χ3v) is 3.42. The van der Waals surface area contributed by atoms with Crippen LogP contribution in [0.5, 0.6) is 0 Å². The summed E-state index contributed by atoms with van der Waals surface area (Å²) in [5.74, 6) is -4.50. The quantitative estimate of drug-likeness (QED) is 0.834. The van der Waals surface area contributed by atoms with Gasteiger partial charge in [0.1, 0.15) is 5.82 Å². The van der Waals surface area contributed by atoms with Crippen molar-refractivity contribution in [2.45, 2.75) is 5.92 Å². The Morgan fingerprint density at radius 1 is 1.10 bits per heavy atom. The smallest absolute Gasteiger partial charge is 0.233 e. The van der Waals surface area contributed by atoms with Crippen LogP contribution >= 0.6 is 0 Å². The summed E-state index contributed by atoms with van der Waals surface area (Å²) in [6, 6.07) is 8.30. The molecule has 1 heterocycles. The van der Waals surface area contributed by atoms with E-state index >= 15 is 0 Å². The zero-order valence-electron chi connectivity index (χ0n) is 10.8. The molecular formula is C15H11F3N2O. The Bertz CT molecular complexity index is 718. The molecule has 3 nitrogen and oxygen atoms in total. The van der Waals surface area contributed by atoms with Gasteiger partial charge in [0.05, 0.1) is 11.6 Å². The molecule has 0 aliphatic carbocycles. The number of halogens is 3. The summed E-state index contributed by atoms with van der Waals surface area (Å²) in [6.07, 6.45) is 0. The van der Waals surface area contributed by atoms with Crippen LogP contribution in [-0.4, -0.2) is 12.5 Å². The summed E-state index contributed by atoms with van der Waals surface area (Å²) in [4.78, 5) is 12.2. The largest absolute Gasteiger partial charge is 0.384 e. The van der Waals surface area contributed by atoms with Crippen LogP contribution in [0.15, 0.2) is 36.4 Å². The average molecular weight is 292 g/mol. The Morgan fingerprint density at radius 3 is 2.62 bits per heavy atom. The van der Waals surface area contributed by atoms with Crippen molar-refractivity contribution >= 4 is 17.3 Å². The highest BCUT2D eigenvalue weighted by Crippen LogP contribution is 2.32. The monoisotopic (exact) mass is 292 g/mol. The summed E-state index contributed by atoms with van der Waals surface area (Å²) >= 11 is 0. The predicted molar refractivity (Wildman–Crippen MR) is 72.6 cm³/mol. The number of para-hydroxylation sites is 1. The fourth-order valence-corrected chi connectivity index (χ4v) is 2.36. The van der Waals surface area contributed by atoms with E-state index in [0.717, 1.165) is 11.3 Å². The minimum atomic E-state index is -1.29. The lowest BCUT2D eigenvalue weighted by Gasteiger charge is -2.12. The first-order valence-corrected chi connectivity index (χ1v) is 6.34. The first kappa shape index (κ1) is 13.5. The van der Waals surface area contributed by atoms with E-state index in [4.69, 9.17) is 0 Å². The van der Waals surface area contributed by atoms with E-state index in [1.807, 2.05) is 12.1 Å². The van der Waals surface area contributed by atoms with E-state index in [0.29, 0.717) is 18.7 Å². The molecule has 0 bridgehead atoms. The molecule has 2 aromatic rings. The van der Waals surface area contributed by atoms with Gasteiger partial charge in [0.25, 0.3) is 0 Å². The maximum Gasteiger partial charge on any atom is 0.233 e. The van der Waals surface area contributed by atoms with Crippen molar-refractivity contribution in [3.63, 3.8) is 0 Å². The molecule has 1 unspecified atom stereocenters. The lowest BCUT2D eigenvalue weighted by molar-refractivity contribution is -0.117. The number of nitrogens with one attached hydrogen (secondary N) is 2. The maximum absolute atomic E-state index is 13.5. The molecule has 0 radical (unpaired) electrons. The second-order valence-electron chi connectivity index (χ2n) is 4.76. The molecule has 6 heteroatoms. The van der Waals surface area contributed by atoms with E-state index in [1.54, 1.807) is 12.1 Å². The Balaban J connectivity index is 1.84. The van der Waals surface area contributed by atoms with Crippen molar-refractivity contribution in [1.29, 1.82) is 0 Å². The SMILES string of the molecule is O=C(Nc1cc(F)c(F)cc1F)C1CNc2ccccc21. The van der Waals surface area contributed by atoms with E-state index in [2.05, 4.69) is 10.6 Å². The first-order valence-electron chi connectivity index (χ1n) is 6.34. The topological polar surface area (TPSA) is 41.1 Å². The van der Waals surface area contributed by atoms with Gasteiger partial charge in [-0.15, -0.1) is 0 Å². The molecule has 21 heavy (non-hydrogen) atoms. The van der Waals surface area contributed by atoms with Gasteiger partial charge in [0.15, 0.2) is 11.6 Å².